The average Bonchev–Trinajstić information content (AvgIpc) is 2.71. The van der Waals surface area contributed by atoms with E-state index in [-0.39, 0.29) is 0 Å². The molecule has 0 atom stereocenters. The van der Waals surface area contributed by atoms with Crippen LogP contribution in [0.25, 0.3) is 10.9 Å². The zero-order valence-electron chi connectivity index (χ0n) is 13.1. The van der Waals surface area contributed by atoms with Crippen LogP contribution in [-0.4, -0.2) is 17.7 Å². The maximum Gasteiger partial charge on any atom is 0.120 e. The third-order valence-electron chi connectivity index (χ3n) is 3.78. The topological polar surface area (TPSA) is 26.2 Å². The largest absolute Gasteiger partial charge is 0.494 e. The van der Waals surface area contributed by atoms with Gasteiger partial charge in [0.25, 0.3) is 0 Å². The first kappa shape index (κ1) is 14.9. The van der Waals surface area contributed by atoms with E-state index in [1.165, 1.54) is 22.2 Å². The summed E-state index contributed by atoms with van der Waals surface area (Å²) in [4.78, 5) is 0. The first-order valence-corrected chi connectivity index (χ1v) is 7.68. The van der Waals surface area contributed by atoms with Gasteiger partial charge in [0, 0.05) is 29.7 Å². The van der Waals surface area contributed by atoms with Crippen LogP contribution in [0.3, 0.4) is 0 Å². The minimum atomic E-state index is 0.711. The van der Waals surface area contributed by atoms with Crippen molar-refractivity contribution < 1.29 is 4.74 Å². The molecule has 2 rings (SSSR count). The standard InChI is InChI=1S/C17H26N2O/c1-5-10-18-12-16-13(4)19(6-2)17-9-8-14(20-7-3)11-15(16)17/h8-9,11,18H,5-7,10,12H2,1-4H3. The van der Waals surface area contributed by atoms with Gasteiger partial charge in [-0.3, -0.25) is 0 Å². The number of ether oxygens (including phenoxy) is 1. The minimum absolute atomic E-state index is 0.711. The Labute approximate surface area is 121 Å². The second-order valence-electron chi connectivity index (χ2n) is 5.10. The van der Waals surface area contributed by atoms with Crippen LogP contribution in [0.15, 0.2) is 18.2 Å². The number of fused-ring (bicyclic) bond motifs is 1. The van der Waals surface area contributed by atoms with Gasteiger partial charge in [0.2, 0.25) is 0 Å². The molecule has 20 heavy (non-hydrogen) atoms. The molecule has 0 spiro atoms. The van der Waals surface area contributed by atoms with E-state index in [1.807, 2.05) is 6.92 Å². The number of aromatic nitrogens is 1. The van der Waals surface area contributed by atoms with Crippen molar-refractivity contribution >= 4 is 10.9 Å². The third kappa shape index (κ3) is 2.83. The Bertz CT molecular complexity index is 572. The molecule has 0 fully saturated rings. The van der Waals surface area contributed by atoms with Crippen LogP contribution in [0.4, 0.5) is 0 Å². The molecular formula is C17H26N2O. The fourth-order valence-electron chi connectivity index (χ4n) is 2.81. The van der Waals surface area contributed by atoms with E-state index in [2.05, 4.69) is 48.9 Å². The zero-order chi connectivity index (χ0) is 14.5. The summed E-state index contributed by atoms with van der Waals surface area (Å²) in [6, 6.07) is 6.43. The number of rotatable bonds is 7. The molecule has 3 nitrogen and oxygen atoms in total. The lowest BCUT2D eigenvalue weighted by Gasteiger charge is -2.05. The Morgan fingerprint density at radius 1 is 1.20 bits per heavy atom. The number of aryl methyl sites for hydroxylation is 1. The molecule has 2 aromatic rings. The summed E-state index contributed by atoms with van der Waals surface area (Å²) in [5, 5.41) is 4.84. The van der Waals surface area contributed by atoms with Gasteiger partial charge >= 0.3 is 0 Å². The van der Waals surface area contributed by atoms with Crippen molar-refractivity contribution in [1.29, 1.82) is 0 Å². The van der Waals surface area contributed by atoms with Crippen LogP contribution in [0, 0.1) is 6.92 Å². The van der Waals surface area contributed by atoms with Gasteiger partial charge in [0.15, 0.2) is 0 Å². The first-order valence-electron chi connectivity index (χ1n) is 7.68. The molecule has 0 saturated heterocycles. The molecule has 0 unspecified atom stereocenters. The Morgan fingerprint density at radius 2 is 2.00 bits per heavy atom. The number of benzene rings is 1. The summed E-state index contributed by atoms with van der Waals surface area (Å²) >= 11 is 0. The predicted octanol–water partition coefficient (Wildman–Crippen LogP) is 3.87. The van der Waals surface area contributed by atoms with E-state index in [0.29, 0.717) is 6.61 Å². The van der Waals surface area contributed by atoms with E-state index in [1.54, 1.807) is 0 Å². The Morgan fingerprint density at radius 3 is 2.65 bits per heavy atom. The van der Waals surface area contributed by atoms with E-state index >= 15 is 0 Å². The highest BCUT2D eigenvalue weighted by atomic mass is 16.5. The Hall–Kier alpha value is -1.48. The maximum atomic E-state index is 5.65. The SMILES string of the molecule is CCCNCc1c(C)n(CC)c2ccc(OCC)cc12. The second kappa shape index (κ2) is 6.80. The smallest absolute Gasteiger partial charge is 0.120 e. The highest BCUT2D eigenvalue weighted by Crippen LogP contribution is 2.29. The molecule has 0 bridgehead atoms. The fourth-order valence-corrected chi connectivity index (χ4v) is 2.81. The van der Waals surface area contributed by atoms with Crippen LogP contribution in [0.5, 0.6) is 5.75 Å². The first-order chi connectivity index (χ1) is 9.72. The van der Waals surface area contributed by atoms with Crippen molar-refractivity contribution in [3.63, 3.8) is 0 Å². The van der Waals surface area contributed by atoms with E-state index in [9.17, 15) is 0 Å². The van der Waals surface area contributed by atoms with Gasteiger partial charge in [-0.2, -0.15) is 0 Å². The number of hydrogen-bond donors (Lipinski definition) is 1. The van der Waals surface area contributed by atoms with E-state index in [4.69, 9.17) is 4.74 Å². The van der Waals surface area contributed by atoms with Crippen molar-refractivity contribution in [1.82, 2.24) is 9.88 Å². The summed E-state index contributed by atoms with van der Waals surface area (Å²) in [5.74, 6) is 0.963. The average molecular weight is 274 g/mol. The number of hydrogen-bond acceptors (Lipinski definition) is 2. The molecule has 1 aromatic carbocycles. The predicted molar refractivity (Wildman–Crippen MR) is 85.5 cm³/mol. The molecule has 0 aliphatic carbocycles. The summed E-state index contributed by atoms with van der Waals surface area (Å²) in [6.07, 6.45) is 1.16. The summed E-state index contributed by atoms with van der Waals surface area (Å²) in [7, 11) is 0. The second-order valence-corrected chi connectivity index (χ2v) is 5.10. The lowest BCUT2D eigenvalue weighted by atomic mass is 10.1. The van der Waals surface area contributed by atoms with Crippen molar-refractivity contribution in [2.45, 2.75) is 47.2 Å². The maximum absolute atomic E-state index is 5.65. The Kier molecular flexibility index (Phi) is 5.07. The van der Waals surface area contributed by atoms with Gasteiger partial charge in [-0.25, -0.2) is 0 Å². The molecule has 0 amide bonds. The van der Waals surface area contributed by atoms with Crippen molar-refractivity contribution in [3.8, 4) is 5.75 Å². The van der Waals surface area contributed by atoms with Crippen molar-refractivity contribution in [2.75, 3.05) is 13.2 Å². The fraction of sp³-hybridized carbons (Fsp3) is 0.529. The zero-order valence-corrected chi connectivity index (χ0v) is 13.1. The third-order valence-corrected chi connectivity index (χ3v) is 3.78. The normalized spacial score (nSPS) is 11.2. The molecule has 0 aliphatic heterocycles. The number of nitrogens with zero attached hydrogens (tertiary/aromatic N) is 1. The summed E-state index contributed by atoms with van der Waals surface area (Å²) in [6.45, 7) is 12.3. The van der Waals surface area contributed by atoms with Crippen LogP contribution in [0.1, 0.15) is 38.4 Å². The molecule has 3 heteroatoms. The molecular weight excluding hydrogens is 248 g/mol. The molecule has 110 valence electrons. The molecule has 0 aliphatic rings. The highest BCUT2D eigenvalue weighted by Gasteiger charge is 2.13. The van der Waals surface area contributed by atoms with Gasteiger partial charge < -0.3 is 14.6 Å². The van der Waals surface area contributed by atoms with Gasteiger partial charge in [-0.15, -0.1) is 0 Å². The monoisotopic (exact) mass is 274 g/mol. The van der Waals surface area contributed by atoms with Gasteiger partial charge in [0.1, 0.15) is 5.75 Å². The summed E-state index contributed by atoms with van der Waals surface area (Å²) in [5.41, 5.74) is 4.07. The molecule has 1 aromatic heterocycles. The molecule has 0 radical (unpaired) electrons. The molecule has 1 N–H and O–H groups in total. The van der Waals surface area contributed by atoms with Crippen molar-refractivity contribution in [2.24, 2.45) is 0 Å². The van der Waals surface area contributed by atoms with E-state index < -0.39 is 0 Å². The van der Waals surface area contributed by atoms with Crippen LogP contribution in [-0.2, 0) is 13.1 Å². The quantitative estimate of drug-likeness (QED) is 0.776. The highest BCUT2D eigenvalue weighted by molar-refractivity contribution is 5.87. The van der Waals surface area contributed by atoms with E-state index in [0.717, 1.165) is 31.8 Å². The summed E-state index contributed by atoms with van der Waals surface area (Å²) < 4.78 is 8.03. The van der Waals surface area contributed by atoms with Gasteiger partial charge in [0.05, 0.1) is 6.61 Å². The molecule has 0 saturated carbocycles. The Balaban J connectivity index is 2.45. The minimum Gasteiger partial charge on any atom is -0.494 e. The molecule has 1 heterocycles. The van der Waals surface area contributed by atoms with Crippen LogP contribution >= 0.6 is 0 Å². The van der Waals surface area contributed by atoms with Crippen molar-refractivity contribution in [3.05, 3.63) is 29.5 Å². The lowest BCUT2D eigenvalue weighted by Crippen LogP contribution is -2.14. The van der Waals surface area contributed by atoms with Crippen LogP contribution in [0.2, 0.25) is 0 Å². The van der Waals surface area contributed by atoms with Gasteiger partial charge in [-0.05, 0) is 57.5 Å². The number of nitrogens with one attached hydrogen (secondary N) is 1. The lowest BCUT2D eigenvalue weighted by molar-refractivity contribution is 0.340. The van der Waals surface area contributed by atoms with Crippen LogP contribution < -0.4 is 10.1 Å². The van der Waals surface area contributed by atoms with Gasteiger partial charge in [-0.1, -0.05) is 6.92 Å².